The van der Waals surface area contributed by atoms with Crippen LogP contribution in [0.3, 0.4) is 0 Å². The molecule has 0 saturated heterocycles. The molecule has 18 heavy (non-hydrogen) atoms. The lowest BCUT2D eigenvalue weighted by molar-refractivity contribution is -0.134. The van der Waals surface area contributed by atoms with Crippen molar-refractivity contribution in [1.82, 2.24) is 4.90 Å². The molecule has 4 heteroatoms. The maximum absolute atomic E-state index is 12.0. The van der Waals surface area contributed by atoms with Crippen molar-refractivity contribution in [2.24, 2.45) is 11.7 Å². The number of nitrogens with two attached hydrogens (primary N) is 1. The molecule has 0 aliphatic heterocycles. The highest BCUT2D eigenvalue weighted by molar-refractivity contribution is 5.78. The SMILES string of the molecule is CCC(CN)C(=O)N(C)Cc1cccc(C#N)c1. The molecule has 0 bridgehead atoms. The Morgan fingerprint density at radius 1 is 1.56 bits per heavy atom. The number of nitriles is 1. The Bertz CT molecular complexity index is 447. The molecule has 2 N–H and O–H groups in total. The highest BCUT2D eigenvalue weighted by Crippen LogP contribution is 2.10. The molecule has 1 aromatic rings. The molecular weight excluding hydrogens is 226 g/mol. The summed E-state index contributed by atoms with van der Waals surface area (Å²) in [6.07, 6.45) is 0.748. The van der Waals surface area contributed by atoms with Gasteiger partial charge in [-0.15, -0.1) is 0 Å². The molecule has 0 aromatic heterocycles. The normalized spacial score (nSPS) is 11.7. The van der Waals surface area contributed by atoms with Crippen LogP contribution in [0, 0.1) is 17.2 Å². The van der Waals surface area contributed by atoms with Crippen molar-refractivity contribution in [3.63, 3.8) is 0 Å². The first kappa shape index (κ1) is 14.2. The van der Waals surface area contributed by atoms with E-state index in [1.807, 2.05) is 19.1 Å². The van der Waals surface area contributed by atoms with E-state index in [4.69, 9.17) is 11.0 Å². The first-order chi connectivity index (χ1) is 8.62. The average molecular weight is 245 g/mol. The second kappa shape index (κ2) is 6.77. The highest BCUT2D eigenvalue weighted by Gasteiger charge is 2.18. The van der Waals surface area contributed by atoms with Crippen LogP contribution < -0.4 is 5.73 Å². The van der Waals surface area contributed by atoms with Gasteiger partial charge in [-0.3, -0.25) is 4.79 Å². The third kappa shape index (κ3) is 3.57. The summed E-state index contributed by atoms with van der Waals surface area (Å²) in [6.45, 7) is 2.84. The van der Waals surface area contributed by atoms with Gasteiger partial charge in [-0.25, -0.2) is 0 Å². The number of nitrogens with zero attached hydrogens (tertiary/aromatic N) is 2. The molecule has 0 aliphatic carbocycles. The Labute approximate surface area is 108 Å². The van der Waals surface area contributed by atoms with Crippen molar-refractivity contribution >= 4 is 5.91 Å². The van der Waals surface area contributed by atoms with Gasteiger partial charge in [-0.1, -0.05) is 19.1 Å². The van der Waals surface area contributed by atoms with Gasteiger partial charge in [0, 0.05) is 20.1 Å². The number of carbonyl (C=O) groups excluding carboxylic acids is 1. The molecule has 96 valence electrons. The van der Waals surface area contributed by atoms with Gasteiger partial charge < -0.3 is 10.6 Å². The molecule has 1 rings (SSSR count). The van der Waals surface area contributed by atoms with Crippen molar-refractivity contribution in [3.8, 4) is 6.07 Å². The molecule has 4 nitrogen and oxygen atoms in total. The van der Waals surface area contributed by atoms with Gasteiger partial charge in [0.2, 0.25) is 5.91 Å². The molecule has 1 atom stereocenters. The maximum atomic E-state index is 12.0. The third-order valence-corrected chi connectivity index (χ3v) is 2.98. The lowest BCUT2D eigenvalue weighted by atomic mass is 10.0. The maximum Gasteiger partial charge on any atom is 0.226 e. The third-order valence-electron chi connectivity index (χ3n) is 2.98. The fourth-order valence-electron chi connectivity index (χ4n) is 1.84. The molecule has 0 heterocycles. The summed E-state index contributed by atoms with van der Waals surface area (Å²) in [6, 6.07) is 9.38. The van der Waals surface area contributed by atoms with E-state index in [1.54, 1.807) is 24.1 Å². The predicted molar refractivity (Wildman–Crippen MR) is 70.5 cm³/mol. The molecule has 0 spiro atoms. The Hall–Kier alpha value is -1.86. The Morgan fingerprint density at radius 2 is 2.28 bits per heavy atom. The number of amides is 1. The largest absolute Gasteiger partial charge is 0.341 e. The van der Waals surface area contributed by atoms with E-state index < -0.39 is 0 Å². The fraction of sp³-hybridized carbons (Fsp3) is 0.429. The van der Waals surface area contributed by atoms with E-state index in [1.165, 1.54) is 0 Å². The zero-order valence-electron chi connectivity index (χ0n) is 10.9. The van der Waals surface area contributed by atoms with Crippen LogP contribution >= 0.6 is 0 Å². The van der Waals surface area contributed by atoms with E-state index in [0.717, 1.165) is 12.0 Å². The Balaban J connectivity index is 2.72. The summed E-state index contributed by atoms with van der Waals surface area (Å²) < 4.78 is 0. The van der Waals surface area contributed by atoms with Crippen LogP contribution in [0.4, 0.5) is 0 Å². The summed E-state index contributed by atoms with van der Waals surface area (Å²) in [5, 5.41) is 8.82. The standard InChI is InChI=1S/C14H19N3O/c1-3-13(9-16)14(18)17(2)10-12-6-4-5-11(7-12)8-15/h4-7,13H,3,9-10,16H2,1-2H3. The van der Waals surface area contributed by atoms with Crippen LogP contribution in [-0.4, -0.2) is 24.4 Å². The van der Waals surface area contributed by atoms with Gasteiger partial charge in [0.15, 0.2) is 0 Å². The number of rotatable bonds is 5. The van der Waals surface area contributed by atoms with Crippen molar-refractivity contribution in [2.45, 2.75) is 19.9 Å². The van der Waals surface area contributed by atoms with Crippen molar-refractivity contribution < 1.29 is 4.79 Å². The predicted octanol–water partition coefficient (Wildman–Crippen LogP) is 1.50. The minimum absolute atomic E-state index is 0.0577. The molecular formula is C14H19N3O. The first-order valence-corrected chi connectivity index (χ1v) is 6.06. The van der Waals surface area contributed by atoms with Gasteiger partial charge in [0.25, 0.3) is 0 Å². The molecule has 1 unspecified atom stereocenters. The van der Waals surface area contributed by atoms with E-state index in [0.29, 0.717) is 18.7 Å². The summed E-state index contributed by atoms with van der Waals surface area (Å²) >= 11 is 0. The second-order valence-electron chi connectivity index (χ2n) is 4.35. The highest BCUT2D eigenvalue weighted by atomic mass is 16.2. The number of hydrogen-bond acceptors (Lipinski definition) is 3. The lowest BCUT2D eigenvalue weighted by Gasteiger charge is -2.22. The zero-order valence-corrected chi connectivity index (χ0v) is 10.9. The van der Waals surface area contributed by atoms with Gasteiger partial charge in [-0.2, -0.15) is 5.26 Å². The molecule has 0 radical (unpaired) electrons. The van der Waals surface area contributed by atoms with Gasteiger partial charge in [-0.05, 0) is 24.1 Å². The summed E-state index contributed by atoms with van der Waals surface area (Å²) in [4.78, 5) is 13.7. The van der Waals surface area contributed by atoms with Gasteiger partial charge in [0.1, 0.15) is 0 Å². The van der Waals surface area contributed by atoms with Gasteiger partial charge >= 0.3 is 0 Å². The van der Waals surface area contributed by atoms with Crippen LogP contribution in [0.15, 0.2) is 24.3 Å². The average Bonchev–Trinajstić information content (AvgIpc) is 2.40. The van der Waals surface area contributed by atoms with Crippen LogP contribution in [0.2, 0.25) is 0 Å². The zero-order chi connectivity index (χ0) is 13.5. The summed E-state index contributed by atoms with van der Waals surface area (Å²) in [7, 11) is 1.76. The van der Waals surface area contributed by atoms with Crippen LogP contribution in [0.1, 0.15) is 24.5 Å². The van der Waals surface area contributed by atoms with Crippen LogP contribution in [-0.2, 0) is 11.3 Å². The fourth-order valence-corrected chi connectivity index (χ4v) is 1.84. The monoisotopic (exact) mass is 245 g/mol. The van der Waals surface area contributed by atoms with Crippen molar-refractivity contribution in [1.29, 1.82) is 5.26 Å². The van der Waals surface area contributed by atoms with Crippen molar-refractivity contribution in [3.05, 3.63) is 35.4 Å². The Kier molecular flexibility index (Phi) is 5.34. The molecule has 1 aromatic carbocycles. The van der Waals surface area contributed by atoms with E-state index in [9.17, 15) is 4.79 Å². The quantitative estimate of drug-likeness (QED) is 0.854. The van der Waals surface area contributed by atoms with Crippen LogP contribution in [0.5, 0.6) is 0 Å². The molecule has 0 aliphatic rings. The molecule has 0 saturated carbocycles. The van der Waals surface area contributed by atoms with Crippen molar-refractivity contribution in [2.75, 3.05) is 13.6 Å². The molecule has 0 fully saturated rings. The smallest absolute Gasteiger partial charge is 0.226 e. The topological polar surface area (TPSA) is 70.1 Å². The number of benzene rings is 1. The van der Waals surface area contributed by atoms with E-state index >= 15 is 0 Å². The minimum atomic E-state index is -0.117. The molecule has 1 amide bonds. The van der Waals surface area contributed by atoms with Gasteiger partial charge in [0.05, 0.1) is 17.6 Å². The van der Waals surface area contributed by atoms with E-state index in [2.05, 4.69) is 6.07 Å². The number of carbonyl (C=O) groups is 1. The summed E-state index contributed by atoms with van der Waals surface area (Å²) in [5.41, 5.74) is 7.14. The summed E-state index contributed by atoms with van der Waals surface area (Å²) in [5.74, 6) is -0.0588. The first-order valence-electron chi connectivity index (χ1n) is 6.06. The lowest BCUT2D eigenvalue weighted by Crippen LogP contribution is -2.35. The Morgan fingerprint density at radius 3 is 2.83 bits per heavy atom. The second-order valence-corrected chi connectivity index (χ2v) is 4.35. The number of hydrogen-bond donors (Lipinski definition) is 1. The van der Waals surface area contributed by atoms with Crippen LogP contribution in [0.25, 0.3) is 0 Å². The minimum Gasteiger partial charge on any atom is -0.341 e. The van der Waals surface area contributed by atoms with E-state index in [-0.39, 0.29) is 11.8 Å².